The molecule has 1 aliphatic rings. The number of rotatable bonds is 7. The summed E-state index contributed by atoms with van der Waals surface area (Å²) in [5.41, 5.74) is 1.20. The lowest BCUT2D eigenvalue weighted by Crippen LogP contribution is -2.44. The molecule has 1 aliphatic heterocycles. The molecule has 2 heterocycles. The number of methoxy groups -OCH3 is 1. The number of amides is 1. The third-order valence-corrected chi connectivity index (χ3v) is 7.16. The number of hydrogen-bond donors (Lipinski definition) is 0. The van der Waals surface area contributed by atoms with Crippen molar-refractivity contribution in [3.8, 4) is 5.75 Å². The molecule has 1 atom stereocenters. The quantitative estimate of drug-likeness (QED) is 0.648. The first-order valence-electron chi connectivity index (χ1n) is 8.28. The van der Waals surface area contributed by atoms with Crippen LogP contribution in [0.1, 0.15) is 12.5 Å². The molecule has 0 radical (unpaired) electrons. The molecular formula is C17H21N3O3S3. The van der Waals surface area contributed by atoms with Gasteiger partial charge in [0.1, 0.15) is 5.75 Å². The third-order valence-electron chi connectivity index (χ3n) is 3.86. The summed E-state index contributed by atoms with van der Waals surface area (Å²) < 4.78 is 12.2. The summed E-state index contributed by atoms with van der Waals surface area (Å²) in [6.45, 7) is 4.50. The van der Waals surface area contributed by atoms with Gasteiger partial charge in [-0.15, -0.1) is 10.2 Å². The van der Waals surface area contributed by atoms with Crippen LogP contribution in [0.3, 0.4) is 0 Å². The summed E-state index contributed by atoms with van der Waals surface area (Å²) >= 11 is 4.66. The van der Waals surface area contributed by atoms with E-state index in [1.54, 1.807) is 18.9 Å². The summed E-state index contributed by atoms with van der Waals surface area (Å²) in [5.74, 6) is 1.82. The normalized spacial score (nSPS) is 15.7. The highest BCUT2D eigenvalue weighted by Gasteiger charge is 2.24. The molecule has 1 amide bonds. The van der Waals surface area contributed by atoms with E-state index in [9.17, 15) is 4.79 Å². The zero-order chi connectivity index (χ0) is 18.4. The van der Waals surface area contributed by atoms with E-state index in [1.165, 1.54) is 28.7 Å². The lowest BCUT2D eigenvalue weighted by molar-refractivity contribution is -0.134. The Morgan fingerprint density at radius 2 is 1.96 bits per heavy atom. The van der Waals surface area contributed by atoms with Crippen molar-refractivity contribution in [3.63, 3.8) is 0 Å². The molecule has 1 aromatic heterocycles. The number of morpholine rings is 1. The molecule has 140 valence electrons. The van der Waals surface area contributed by atoms with Gasteiger partial charge in [0.15, 0.2) is 8.68 Å². The van der Waals surface area contributed by atoms with Gasteiger partial charge in [0.05, 0.1) is 25.6 Å². The number of carbonyl (C=O) groups excluding carboxylic acids is 1. The van der Waals surface area contributed by atoms with Gasteiger partial charge in [-0.25, -0.2) is 0 Å². The second-order valence-electron chi connectivity index (χ2n) is 5.67. The van der Waals surface area contributed by atoms with Crippen LogP contribution < -0.4 is 4.74 Å². The second kappa shape index (κ2) is 9.59. The number of carbonyl (C=O) groups is 1. The third kappa shape index (κ3) is 5.35. The van der Waals surface area contributed by atoms with Crippen molar-refractivity contribution in [2.75, 3.05) is 33.4 Å². The Morgan fingerprint density at radius 3 is 2.65 bits per heavy atom. The van der Waals surface area contributed by atoms with Crippen LogP contribution in [-0.2, 0) is 15.3 Å². The van der Waals surface area contributed by atoms with E-state index in [4.69, 9.17) is 9.47 Å². The molecule has 0 saturated carbocycles. The average Bonchev–Trinajstić information content (AvgIpc) is 3.14. The van der Waals surface area contributed by atoms with E-state index in [0.29, 0.717) is 26.3 Å². The Morgan fingerprint density at radius 1 is 1.27 bits per heavy atom. The standard InChI is InChI=1S/C17H21N3O3S3/c1-12(15(21)20-7-9-23-10-8-20)25-17-19-18-16(26-17)24-11-13-3-5-14(22-2)6-4-13/h3-6,12H,7-11H2,1-2H3/t12-/m1/s1. The zero-order valence-electron chi connectivity index (χ0n) is 14.7. The molecule has 2 aromatic rings. The van der Waals surface area contributed by atoms with Crippen molar-refractivity contribution in [2.45, 2.75) is 26.6 Å². The maximum Gasteiger partial charge on any atom is 0.236 e. The summed E-state index contributed by atoms with van der Waals surface area (Å²) in [6, 6.07) is 8.00. The molecular weight excluding hydrogens is 390 g/mol. The fourth-order valence-corrected chi connectivity index (χ4v) is 5.62. The fraction of sp³-hybridized carbons (Fsp3) is 0.471. The van der Waals surface area contributed by atoms with Crippen LogP contribution in [0.25, 0.3) is 0 Å². The van der Waals surface area contributed by atoms with Crippen LogP contribution in [0.5, 0.6) is 5.75 Å². The highest BCUT2D eigenvalue weighted by Crippen LogP contribution is 2.33. The lowest BCUT2D eigenvalue weighted by Gasteiger charge is -2.28. The van der Waals surface area contributed by atoms with Gasteiger partial charge in [0, 0.05) is 18.8 Å². The van der Waals surface area contributed by atoms with Crippen LogP contribution in [0, 0.1) is 0 Å². The molecule has 6 nitrogen and oxygen atoms in total. The lowest BCUT2D eigenvalue weighted by atomic mass is 10.2. The van der Waals surface area contributed by atoms with Gasteiger partial charge < -0.3 is 14.4 Å². The Balaban J connectivity index is 1.49. The Bertz CT molecular complexity index is 718. The highest BCUT2D eigenvalue weighted by atomic mass is 32.2. The fourth-order valence-electron chi connectivity index (χ4n) is 2.41. The molecule has 1 fully saturated rings. The molecule has 0 spiro atoms. The van der Waals surface area contributed by atoms with E-state index in [1.807, 2.05) is 36.1 Å². The number of ether oxygens (including phenoxy) is 2. The van der Waals surface area contributed by atoms with E-state index < -0.39 is 0 Å². The smallest absolute Gasteiger partial charge is 0.236 e. The van der Waals surface area contributed by atoms with Gasteiger partial charge in [-0.2, -0.15) is 0 Å². The van der Waals surface area contributed by atoms with Crippen molar-refractivity contribution < 1.29 is 14.3 Å². The first-order valence-corrected chi connectivity index (χ1v) is 11.0. The molecule has 0 aliphatic carbocycles. The van der Waals surface area contributed by atoms with E-state index in [2.05, 4.69) is 10.2 Å². The zero-order valence-corrected chi connectivity index (χ0v) is 17.2. The first kappa shape index (κ1) is 19.5. The van der Waals surface area contributed by atoms with Crippen LogP contribution in [0.15, 0.2) is 32.9 Å². The van der Waals surface area contributed by atoms with Crippen LogP contribution >= 0.6 is 34.9 Å². The number of aromatic nitrogens is 2. The number of thioether (sulfide) groups is 2. The molecule has 26 heavy (non-hydrogen) atoms. The Labute approximate surface area is 165 Å². The molecule has 3 rings (SSSR count). The van der Waals surface area contributed by atoms with Gasteiger partial charge in [0.25, 0.3) is 0 Å². The maximum absolute atomic E-state index is 12.5. The summed E-state index contributed by atoms with van der Waals surface area (Å²) in [6.07, 6.45) is 0. The molecule has 0 N–H and O–H groups in total. The topological polar surface area (TPSA) is 64.6 Å². The van der Waals surface area contributed by atoms with Crippen molar-refractivity contribution in [2.24, 2.45) is 0 Å². The summed E-state index contributed by atoms with van der Waals surface area (Å²) in [7, 11) is 1.66. The maximum atomic E-state index is 12.5. The van der Waals surface area contributed by atoms with Gasteiger partial charge in [-0.3, -0.25) is 4.79 Å². The number of hydrogen-bond acceptors (Lipinski definition) is 8. The molecule has 0 bridgehead atoms. The average molecular weight is 412 g/mol. The van der Waals surface area contributed by atoms with E-state index >= 15 is 0 Å². The summed E-state index contributed by atoms with van der Waals surface area (Å²) in [5, 5.41) is 8.28. The first-order chi connectivity index (χ1) is 12.7. The second-order valence-corrected chi connectivity index (χ2v) is 9.46. The predicted molar refractivity (Wildman–Crippen MR) is 105 cm³/mol. The van der Waals surface area contributed by atoms with Gasteiger partial charge in [-0.1, -0.05) is 47.0 Å². The Kier molecular flexibility index (Phi) is 7.18. The largest absolute Gasteiger partial charge is 0.497 e. The molecule has 0 unspecified atom stereocenters. The molecule has 9 heteroatoms. The molecule has 1 aromatic carbocycles. The van der Waals surface area contributed by atoms with Crippen molar-refractivity contribution in [1.82, 2.24) is 15.1 Å². The van der Waals surface area contributed by atoms with Crippen LogP contribution in [0.4, 0.5) is 0 Å². The van der Waals surface area contributed by atoms with E-state index in [-0.39, 0.29) is 11.2 Å². The Hall–Kier alpha value is -1.29. The van der Waals surface area contributed by atoms with Crippen LogP contribution in [-0.4, -0.2) is 59.7 Å². The number of nitrogens with zero attached hydrogens (tertiary/aromatic N) is 3. The van der Waals surface area contributed by atoms with Gasteiger partial charge in [0.2, 0.25) is 5.91 Å². The SMILES string of the molecule is COc1ccc(CSc2nnc(S[C@H](C)C(=O)N3CCOCC3)s2)cc1. The van der Waals surface area contributed by atoms with Gasteiger partial charge >= 0.3 is 0 Å². The van der Waals surface area contributed by atoms with E-state index in [0.717, 1.165) is 20.2 Å². The monoisotopic (exact) mass is 411 g/mol. The number of benzene rings is 1. The van der Waals surface area contributed by atoms with Gasteiger partial charge in [-0.05, 0) is 24.6 Å². The highest BCUT2D eigenvalue weighted by molar-refractivity contribution is 8.03. The molecule has 1 saturated heterocycles. The van der Waals surface area contributed by atoms with Crippen molar-refractivity contribution in [3.05, 3.63) is 29.8 Å². The minimum Gasteiger partial charge on any atom is -0.497 e. The minimum absolute atomic E-state index is 0.140. The van der Waals surface area contributed by atoms with Crippen LogP contribution in [0.2, 0.25) is 0 Å². The minimum atomic E-state index is -0.166. The van der Waals surface area contributed by atoms with Crippen molar-refractivity contribution >= 4 is 40.8 Å². The van der Waals surface area contributed by atoms with Crippen molar-refractivity contribution in [1.29, 1.82) is 0 Å². The summed E-state index contributed by atoms with van der Waals surface area (Å²) in [4.78, 5) is 14.3. The predicted octanol–water partition coefficient (Wildman–Crippen LogP) is 3.18.